The smallest absolute Gasteiger partial charge is 0.115 e. The van der Waals surface area contributed by atoms with Crippen molar-refractivity contribution in [2.45, 2.75) is 18.9 Å². The number of ether oxygens (including phenoxy) is 1. The minimum atomic E-state index is 0.278. The van der Waals surface area contributed by atoms with Gasteiger partial charge in [-0.1, -0.05) is 6.07 Å². The minimum absolute atomic E-state index is 0.278. The molecule has 0 fully saturated rings. The fourth-order valence-electron chi connectivity index (χ4n) is 2.25. The minimum Gasteiger partial charge on any atom is -0.497 e. The molecule has 3 nitrogen and oxygen atoms in total. The zero-order valence-corrected chi connectivity index (χ0v) is 10.8. The predicted octanol–water partition coefficient (Wildman–Crippen LogP) is 3.58. The first-order chi connectivity index (χ1) is 9.42. The molecule has 3 heteroatoms. The Morgan fingerprint density at radius 1 is 1.21 bits per heavy atom. The maximum atomic E-state index is 5.55. The first kappa shape index (κ1) is 11.9. The summed E-state index contributed by atoms with van der Waals surface area (Å²) in [6, 6.07) is 12.5. The van der Waals surface area contributed by atoms with Crippen molar-refractivity contribution in [3.63, 3.8) is 0 Å². The van der Waals surface area contributed by atoms with Crippen LogP contribution < -0.4 is 5.32 Å². The van der Waals surface area contributed by atoms with E-state index in [9.17, 15) is 0 Å². The molecule has 0 aliphatic carbocycles. The number of aromatic nitrogens is 1. The van der Waals surface area contributed by atoms with Crippen LogP contribution in [0.15, 0.2) is 61.1 Å². The molecule has 1 aromatic heterocycles. The molecule has 1 N–H and O–H groups in total. The fraction of sp³-hybridized carbons (Fsp3) is 0.250. The molecule has 0 spiro atoms. The highest BCUT2D eigenvalue weighted by Crippen LogP contribution is 2.16. The lowest BCUT2D eigenvalue weighted by atomic mass is 10.1. The van der Waals surface area contributed by atoms with E-state index < -0.39 is 0 Å². The lowest BCUT2D eigenvalue weighted by molar-refractivity contribution is 0.135. The van der Waals surface area contributed by atoms with Crippen molar-refractivity contribution in [3.05, 3.63) is 61.1 Å². The number of allylic oxidation sites excluding steroid dienone is 1. The van der Waals surface area contributed by atoms with E-state index in [4.69, 9.17) is 4.74 Å². The lowest BCUT2D eigenvalue weighted by Gasteiger charge is -2.20. The van der Waals surface area contributed by atoms with E-state index in [1.807, 2.05) is 30.8 Å². The largest absolute Gasteiger partial charge is 0.497 e. The third kappa shape index (κ3) is 2.99. The Morgan fingerprint density at radius 2 is 2.11 bits per heavy atom. The summed E-state index contributed by atoms with van der Waals surface area (Å²) >= 11 is 0. The zero-order valence-electron chi connectivity index (χ0n) is 10.8. The van der Waals surface area contributed by atoms with Gasteiger partial charge in [-0.2, -0.15) is 0 Å². The summed E-state index contributed by atoms with van der Waals surface area (Å²) in [7, 11) is 0. The van der Waals surface area contributed by atoms with Crippen LogP contribution in [0.5, 0.6) is 0 Å². The number of anilines is 1. The van der Waals surface area contributed by atoms with E-state index in [1.54, 1.807) is 0 Å². The molecular formula is C16H18N2O. The SMILES string of the molecule is C1=COC(CNc2cccc(-n3cccc3)c2)CC1. The number of nitrogens with zero attached hydrogens (tertiary/aromatic N) is 1. The first-order valence-electron chi connectivity index (χ1n) is 6.69. The van der Waals surface area contributed by atoms with Gasteiger partial charge in [-0.15, -0.1) is 0 Å². The van der Waals surface area contributed by atoms with E-state index in [0.29, 0.717) is 0 Å². The van der Waals surface area contributed by atoms with Gasteiger partial charge in [-0.05, 0) is 49.2 Å². The van der Waals surface area contributed by atoms with Gasteiger partial charge in [0, 0.05) is 23.8 Å². The Kier molecular flexibility index (Phi) is 3.54. The van der Waals surface area contributed by atoms with Gasteiger partial charge in [-0.3, -0.25) is 0 Å². The molecule has 2 heterocycles. The maximum Gasteiger partial charge on any atom is 0.115 e. The van der Waals surface area contributed by atoms with Crippen molar-refractivity contribution >= 4 is 5.69 Å². The summed E-state index contributed by atoms with van der Waals surface area (Å²) in [5.41, 5.74) is 2.30. The fourth-order valence-corrected chi connectivity index (χ4v) is 2.25. The summed E-state index contributed by atoms with van der Waals surface area (Å²) in [4.78, 5) is 0. The molecule has 1 unspecified atom stereocenters. The molecular weight excluding hydrogens is 236 g/mol. The average molecular weight is 254 g/mol. The second-order valence-electron chi connectivity index (χ2n) is 4.73. The Balaban J connectivity index is 1.65. The number of hydrogen-bond acceptors (Lipinski definition) is 2. The number of nitrogens with one attached hydrogen (secondary N) is 1. The third-order valence-corrected chi connectivity index (χ3v) is 3.31. The Bertz CT molecular complexity index is 546. The number of benzene rings is 1. The van der Waals surface area contributed by atoms with Gasteiger partial charge in [0.05, 0.1) is 12.8 Å². The van der Waals surface area contributed by atoms with Crippen LogP contribution >= 0.6 is 0 Å². The second-order valence-corrected chi connectivity index (χ2v) is 4.73. The standard InChI is InChI=1S/C16H18N2O/c1-4-11-19-16(8-1)13-17-14-6-5-7-15(12-14)18-9-2-3-10-18/h2-7,9-12,16-17H,1,8,13H2. The van der Waals surface area contributed by atoms with Crippen LogP contribution in [-0.4, -0.2) is 17.2 Å². The second kappa shape index (κ2) is 5.65. The molecule has 1 aromatic carbocycles. The van der Waals surface area contributed by atoms with Crippen molar-refractivity contribution in [2.75, 3.05) is 11.9 Å². The van der Waals surface area contributed by atoms with Crippen LogP contribution in [0.1, 0.15) is 12.8 Å². The summed E-state index contributed by atoms with van der Waals surface area (Å²) in [6.45, 7) is 0.847. The monoisotopic (exact) mass is 254 g/mol. The van der Waals surface area contributed by atoms with E-state index in [2.05, 4.69) is 40.2 Å². The van der Waals surface area contributed by atoms with E-state index in [0.717, 1.165) is 25.1 Å². The van der Waals surface area contributed by atoms with Crippen molar-refractivity contribution < 1.29 is 4.74 Å². The predicted molar refractivity (Wildman–Crippen MR) is 77.5 cm³/mol. The summed E-state index contributed by atoms with van der Waals surface area (Å²) in [5.74, 6) is 0. The number of hydrogen-bond donors (Lipinski definition) is 1. The molecule has 0 amide bonds. The van der Waals surface area contributed by atoms with Gasteiger partial charge in [0.1, 0.15) is 6.10 Å². The van der Waals surface area contributed by atoms with Crippen LogP contribution in [-0.2, 0) is 4.74 Å². The van der Waals surface area contributed by atoms with Gasteiger partial charge < -0.3 is 14.6 Å². The molecule has 19 heavy (non-hydrogen) atoms. The molecule has 98 valence electrons. The molecule has 3 rings (SSSR count). The van der Waals surface area contributed by atoms with Gasteiger partial charge in [0.2, 0.25) is 0 Å². The molecule has 0 radical (unpaired) electrons. The van der Waals surface area contributed by atoms with Crippen LogP contribution in [0.2, 0.25) is 0 Å². The zero-order chi connectivity index (χ0) is 12.9. The Labute approximate surface area is 113 Å². The molecule has 0 bridgehead atoms. The van der Waals surface area contributed by atoms with E-state index >= 15 is 0 Å². The van der Waals surface area contributed by atoms with Crippen LogP contribution in [0, 0.1) is 0 Å². The molecule has 2 aromatic rings. The number of rotatable bonds is 4. The Morgan fingerprint density at radius 3 is 2.89 bits per heavy atom. The van der Waals surface area contributed by atoms with Crippen molar-refractivity contribution in [1.29, 1.82) is 0 Å². The Hall–Kier alpha value is -2.16. The molecule has 1 aliphatic heterocycles. The highest BCUT2D eigenvalue weighted by atomic mass is 16.5. The van der Waals surface area contributed by atoms with Crippen molar-refractivity contribution in [3.8, 4) is 5.69 Å². The van der Waals surface area contributed by atoms with Gasteiger partial charge in [0.15, 0.2) is 0 Å². The lowest BCUT2D eigenvalue weighted by Crippen LogP contribution is -2.22. The van der Waals surface area contributed by atoms with Crippen LogP contribution in [0.25, 0.3) is 5.69 Å². The summed E-state index contributed by atoms with van der Waals surface area (Å²) < 4.78 is 7.66. The van der Waals surface area contributed by atoms with E-state index in [1.165, 1.54) is 5.69 Å². The van der Waals surface area contributed by atoms with Crippen molar-refractivity contribution in [2.24, 2.45) is 0 Å². The molecule has 0 saturated heterocycles. The molecule has 1 atom stereocenters. The molecule has 1 aliphatic rings. The first-order valence-corrected chi connectivity index (χ1v) is 6.69. The highest BCUT2D eigenvalue weighted by Gasteiger charge is 2.10. The highest BCUT2D eigenvalue weighted by molar-refractivity contribution is 5.51. The average Bonchev–Trinajstić information content (AvgIpc) is 3.01. The van der Waals surface area contributed by atoms with Crippen molar-refractivity contribution in [1.82, 2.24) is 4.57 Å². The maximum absolute atomic E-state index is 5.55. The molecule has 0 saturated carbocycles. The normalized spacial score (nSPS) is 18.0. The van der Waals surface area contributed by atoms with Crippen LogP contribution in [0.3, 0.4) is 0 Å². The topological polar surface area (TPSA) is 26.2 Å². The summed E-state index contributed by atoms with van der Waals surface area (Å²) in [6.07, 6.45) is 10.5. The van der Waals surface area contributed by atoms with Crippen LogP contribution in [0.4, 0.5) is 5.69 Å². The van der Waals surface area contributed by atoms with Gasteiger partial charge in [-0.25, -0.2) is 0 Å². The van der Waals surface area contributed by atoms with Gasteiger partial charge in [0.25, 0.3) is 0 Å². The summed E-state index contributed by atoms with van der Waals surface area (Å²) in [5, 5.41) is 3.44. The van der Waals surface area contributed by atoms with E-state index in [-0.39, 0.29) is 6.10 Å². The third-order valence-electron chi connectivity index (χ3n) is 3.31. The van der Waals surface area contributed by atoms with Gasteiger partial charge >= 0.3 is 0 Å². The quantitative estimate of drug-likeness (QED) is 0.902.